The van der Waals surface area contributed by atoms with E-state index >= 15 is 0 Å². The van der Waals surface area contributed by atoms with Crippen molar-refractivity contribution in [3.63, 3.8) is 0 Å². The molecule has 4 nitrogen and oxygen atoms in total. The van der Waals surface area contributed by atoms with Gasteiger partial charge in [-0.3, -0.25) is 0 Å². The molecule has 1 unspecified atom stereocenters. The Bertz CT molecular complexity index is 2400. The Morgan fingerprint density at radius 3 is 1.46 bits per heavy atom. The summed E-state index contributed by atoms with van der Waals surface area (Å²) in [5.41, 5.74) is 13.8. The molecule has 0 saturated carbocycles. The Morgan fingerprint density at radius 2 is 0.917 bits per heavy atom. The molecule has 8 bridgehead atoms. The normalized spacial score (nSPS) is 22.0. The van der Waals surface area contributed by atoms with Gasteiger partial charge in [0.1, 0.15) is 0 Å². The summed E-state index contributed by atoms with van der Waals surface area (Å²) >= 11 is 0. The van der Waals surface area contributed by atoms with E-state index in [1.54, 1.807) is 0 Å². The van der Waals surface area contributed by atoms with Gasteiger partial charge in [-0.15, -0.1) is 0 Å². The van der Waals surface area contributed by atoms with E-state index in [0.29, 0.717) is 0 Å². The van der Waals surface area contributed by atoms with Gasteiger partial charge in [-0.1, -0.05) is 127 Å². The molecule has 48 heavy (non-hydrogen) atoms. The number of aliphatic imine (C=N–C) groups is 2. The summed E-state index contributed by atoms with van der Waals surface area (Å²) in [5, 5.41) is 5.95. The van der Waals surface area contributed by atoms with Crippen molar-refractivity contribution in [2.75, 3.05) is 0 Å². The van der Waals surface area contributed by atoms with Crippen molar-refractivity contribution in [1.29, 1.82) is 0 Å². The van der Waals surface area contributed by atoms with Crippen LogP contribution < -0.4 is 16.0 Å². The predicted molar refractivity (Wildman–Crippen MR) is 197 cm³/mol. The first-order chi connectivity index (χ1) is 23.8. The first-order valence-electron chi connectivity index (χ1n) is 16.5. The van der Waals surface area contributed by atoms with Crippen LogP contribution in [0.15, 0.2) is 191 Å². The average molecular weight is 617 g/mol. The molecule has 0 aliphatic carbocycles. The number of rotatable bonds is 4. The highest BCUT2D eigenvalue weighted by molar-refractivity contribution is 6.31. The highest BCUT2D eigenvalue weighted by Crippen LogP contribution is 2.38. The zero-order valence-electron chi connectivity index (χ0n) is 26.3. The van der Waals surface area contributed by atoms with Gasteiger partial charge in [-0.25, -0.2) is 9.98 Å². The van der Waals surface area contributed by atoms with Crippen LogP contribution in [-0.4, -0.2) is 22.4 Å². The fraction of sp³-hybridized carbons (Fsp3) is 0.0455. The molecular formula is C44H32N4. The maximum atomic E-state index is 5.39. The number of hydrogen-bond donors (Lipinski definition) is 2. The Balaban J connectivity index is 1.38. The van der Waals surface area contributed by atoms with Crippen LogP contribution in [0.2, 0.25) is 0 Å². The maximum absolute atomic E-state index is 5.39. The standard InChI is InChI=1S/C44H32N4/c1-5-13-29(14-6-1)41-33-21-23-35(45-33)42(30-15-7-2-8-16-30)37-25-27-39(47-37)44(32-19-11-4-12-20-32)40-28-26-38(48-40)43(31-17-9-3-10-18-31)36-24-22-34(41)46-36/h1-27,40,45,48H,28H2/b41-33-,42-35-,43-36?,44-39-. The molecule has 9 rings (SSSR count). The molecule has 0 amide bonds. The quantitative estimate of drug-likeness (QED) is 0.216. The van der Waals surface area contributed by atoms with E-state index < -0.39 is 0 Å². The van der Waals surface area contributed by atoms with Crippen LogP contribution >= 0.6 is 0 Å². The number of benzene rings is 4. The van der Waals surface area contributed by atoms with E-state index in [0.717, 1.165) is 84.6 Å². The zero-order chi connectivity index (χ0) is 31.9. The van der Waals surface area contributed by atoms with Gasteiger partial charge >= 0.3 is 0 Å². The molecule has 5 aromatic rings. The highest BCUT2D eigenvalue weighted by Gasteiger charge is 2.29. The third kappa shape index (κ3) is 4.95. The number of fused-ring (bicyclic) bond motifs is 6. The summed E-state index contributed by atoms with van der Waals surface area (Å²) in [6.45, 7) is 0. The predicted octanol–water partition coefficient (Wildman–Crippen LogP) is 7.52. The van der Waals surface area contributed by atoms with Crippen LogP contribution in [0, 0.1) is 0 Å². The fourth-order valence-corrected chi connectivity index (χ4v) is 7.17. The first kappa shape index (κ1) is 28.0. The molecule has 228 valence electrons. The van der Waals surface area contributed by atoms with Gasteiger partial charge in [0.15, 0.2) is 0 Å². The topological polar surface area (TPSA) is 52.5 Å². The van der Waals surface area contributed by atoms with E-state index in [2.05, 4.69) is 174 Å². The number of nitrogens with zero attached hydrogens (tertiary/aromatic N) is 2. The Hall–Kier alpha value is -6.26. The summed E-state index contributed by atoms with van der Waals surface area (Å²) in [6, 6.07) is 46.7. The molecule has 4 aliphatic heterocycles. The largest absolute Gasteiger partial charge is 0.378 e. The van der Waals surface area contributed by atoms with Gasteiger partial charge in [0, 0.05) is 38.7 Å². The Labute approximate surface area is 279 Å². The molecule has 1 atom stereocenters. The summed E-state index contributed by atoms with van der Waals surface area (Å²) in [7, 11) is 0. The van der Waals surface area contributed by atoms with Crippen molar-refractivity contribution in [2.45, 2.75) is 12.5 Å². The van der Waals surface area contributed by atoms with Crippen molar-refractivity contribution < 1.29 is 0 Å². The summed E-state index contributed by atoms with van der Waals surface area (Å²) in [6.07, 6.45) is 11.8. The third-order valence-corrected chi connectivity index (χ3v) is 9.33. The molecule has 4 heteroatoms. The van der Waals surface area contributed by atoms with E-state index in [-0.39, 0.29) is 6.04 Å². The highest BCUT2D eigenvalue weighted by atomic mass is 15.0. The van der Waals surface area contributed by atoms with Crippen molar-refractivity contribution in [2.24, 2.45) is 9.98 Å². The van der Waals surface area contributed by atoms with Gasteiger partial charge < -0.3 is 10.3 Å². The minimum absolute atomic E-state index is 0.0370. The second-order valence-corrected chi connectivity index (χ2v) is 12.3. The van der Waals surface area contributed by atoms with Crippen LogP contribution in [0.25, 0.3) is 22.3 Å². The van der Waals surface area contributed by atoms with Gasteiger partial charge in [-0.05, 0) is 65.1 Å². The van der Waals surface area contributed by atoms with Gasteiger partial charge in [0.2, 0.25) is 0 Å². The van der Waals surface area contributed by atoms with E-state index in [4.69, 9.17) is 9.98 Å². The number of aromatic amines is 1. The minimum Gasteiger partial charge on any atom is -0.378 e. The van der Waals surface area contributed by atoms with Crippen molar-refractivity contribution in [1.82, 2.24) is 10.3 Å². The zero-order valence-corrected chi connectivity index (χ0v) is 26.3. The van der Waals surface area contributed by atoms with Crippen molar-refractivity contribution in [3.05, 3.63) is 214 Å². The monoisotopic (exact) mass is 616 g/mol. The molecule has 4 aromatic carbocycles. The van der Waals surface area contributed by atoms with Crippen LogP contribution in [-0.2, 0) is 0 Å². The van der Waals surface area contributed by atoms with Gasteiger partial charge in [-0.2, -0.15) is 0 Å². The van der Waals surface area contributed by atoms with Crippen LogP contribution in [0.3, 0.4) is 0 Å². The Kier molecular flexibility index (Phi) is 6.90. The lowest BCUT2D eigenvalue weighted by Gasteiger charge is -2.21. The molecule has 2 N–H and O–H groups in total. The number of aromatic nitrogens is 1. The Morgan fingerprint density at radius 1 is 0.458 bits per heavy atom. The maximum Gasteiger partial charge on any atom is 0.0737 e. The summed E-state index contributed by atoms with van der Waals surface area (Å²) in [5.74, 6) is 0. The number of allylic oxidation sites excluding steroid dienone is 5. The smallest absolute Gasteiger partial charge is 0.0737 e. The van der Waals surface area contributed by atoms with E-state index in [1.807, 2.05) is 0 Å². The average Bonchev–Trinajstić information content (AvgIpc) is 3.98. The first-order valence-corrected chi connectivity index (χ1v) is 16.5. The molecule has 0 fully saturated rings. The van der Waals surface area contributed by atoms with Crippen LogP contribution in [0.4, 0.5) is 0 Å². The number of nitrogens with one attached hydrogen (secondary N) is 2. The lowest BCUT2D eigenvalue weighted by atomic mass is 9.95. The minimum atomic E-state index is 0.0370. The number of H-pyrrole nitrogens is 1. The van der Waals surface area contributed by atoms with Crippen LogP contribution in [0.5, 0.6) is 0 Å². The second kappa shape index (κ2) is 11.8. The fourth-order valence-electron chi connectivity index (χ4n) is 7.17. The molecule has 1 aromatic heterocycles. The van der Waals surface area contributed by atoms with Crippen molar-refractivity contribution in [3.8, 4) is 0 Å². The second-order valence-electron chi connectivity index (χ2n) is 12.3. The molecule has 5 heterocycles. The van der Waals surface area contributed by atoms with E-state index in [9.17, 15) is 0 Å². The van der Waals surface area contributed by atoms with Crippen LogP contribution in [0.1, 0.15) is 28.7 Å². The summed E-state index contributed by atoms with van der Waals surface area (Å²) in [4.78, 5) is 14.6. The van der Waals surface area contributed by atoms with E-state index in [1.165, 1.54) is 5.57 Å². The lowest BCUT2D eigenvalue weighted by molar-refractivity contribution is 0.759. The molecule has 0 spiro atoms. The lowest BCUT2D eigenvalue weighted by Crippen LogP contribution is -2.25. The molecule has 0 saturated heterocycles. The molecular weight excluding hydrogens is 585 g/mol. The third-order valence-electron chi connectivity index (χ3n) is 9.33. The van der Waals surface area contributed by atoms with Gasteiger partial charge in [0.25, 0.3) is 0 Å². The van der Waals surface area contributed by atoms with Crippen molar-refractivity contribution >= 4 is 33.7 Å². The van der Waals surface area contributed by atoms with Gasteiger partial charge in [0.05, 0.1) is 28.9 Å². The molecule has 0 radical (unpaired) electrons. The SMILES string of the molecule is C1=CC2=C(c3ccccc3)C3=CCC(N3)/C(c3ccccc3)=C3/C=CC(=N3)/C(c3ccccc3)=c3/cc/c([nH]3)=C(\c3ccccc3)C1=N2. The number of hydrogen-bond acceptors (Lipinski definition) is 3. The summed E-state index contributed by atoms with van der Waals surface area (Å²) < 4.78 is 0. The molecule has 4 aliphatic rings.